The van der Waals surface area contributed by atoms with Crippen LogP contribution in [0.25, 0.3) is 0 Å². The molecule has 0 aromatic heterocycles. The van der Waals surface area contributed by atoms with E-state index >= 15 is 0 Å². The average molecular weight is 574 g/mol. The van der Waals surface area contributed by atoms with E-state index < -0.39 is 59.1 Å². The first-order chi connectivity index (χ1) is 19.4. The van der Waals surface area contributed by atoms with Crippen LogP contribution in [0.5, 0.6) is 0 Å². The minimum Gasteiger partial charge on any atom is -0.363 e. The predicted molar refractivity (Wildman–Crippen MR) is 151 cm³/mol. The van der Waals surface area contributed by atoms with Gasteiger partial charge < -0.3 is 26.6 Å². The molecule has 4 fully saturated rings. The van der Waals surface area contributed by atoms with Crippen molar-refractivity contribution in [3.8, 4) is 0 Å². The summed E-state index contributed by atoms with van der Waals surface area (Å²) in [6.45, 7) is 5.85. The van der Waals surface area contributed by atoms with Crippen LogP contribution in [0, 0.1) is 23.2 Å². The van der Waals surface area contributed by atoms with E-state index in [2.05, 4.69) is 16.0 Å². The van der Waals surface area contributed by atoms with Crippen molar-refractivity contribution in [2.24, 2.45) is 28.9 Å². The van der Waals surface area contributed by atoms with Crippen LogP contribution in [0.3, 0.4) is 0 Å². The lowest BCUT2D eigenvalue weighted by Crippen LogP contribution is -2.61. The van der Waals surface area contributed by atoms with Crippen molar-refractivity contribution in [3.05, 3.63) is 0 Å². The molecule has 0 radical (unpaired) electrons. The molecule has 1 saturated heterocycles. The zero-order chi connectivity index (χ0) is 29.9. The minimum atomic E-state index is -1.09. The van der Waals surface area contributed by atoms with Gasteiger partial charge in [0, 0.05) is 12.5 Å². The number of urea groups is 1. The molecule has 1 aliphatic heterocycles. The molecule has 228 valence electrons. The summed E-state index contributed by atoms with van der Waals surface area (Å²) in [7, 11) is 0. The SMILES string of the molecule is CC(C)(C)C(NC(=O)NC(C(=O)C1CC1)C1CCCCC1)C(=O)N1CCC[C@H]1C(=O)NC(CC1CC1)C(=O)C(N)=O. The zero-order valence-corrected chi connectivity index (χ0v) is 24.7. The standard InChI is InChI=1S/C30H47N5O6/c1-30(2,3)25(34-29(41)33-22(23(36)19-13-14-19)18-8-5-4-6-9-18)28(40)35-15-7-10-21(35)27(39)32-20(16-17-11-12-17)24(37)26(31)38/h17-22,25H,4-16H2,1-3H3,(H2,31,38)(H,32,39)(H2,33,34,41)/t20?,21-,22?,25?/m0/s1. The van der Waals surface area contributed by atoms with Crippen LogP contribution in [-0.4, -0.2) is 70.9 Å². The molecule has 0 aromatic carbocycles. The molecule has 41 heavy (non-hydrogen) atoms. The Bertz CT molecular complexity index is 1040. The monoisotopic (exact) mass is 573 g/mol. The number of nitrogens with zero attached hydrogens (tertiary/aromatic N) is 1. The number of rotatable bonds is 12. The van der Waals surface area contributed by atoms with Gasteiger partial charge in [-0.3, -0.25) is 24.0 Å². The van der Waals surface area contributed by atoms with E-state index in [0.29, 0.717) is 25.8 Å². The minimum absolute atomic E-state index is 0.0105. The normalized spacial score (nSPS) is 23.7. The zero-order valence-electron chi connectivity index (χ0n) is 24.7. The van der Waals surface area contributed by atoms with E-state index in [-0.39, 0.29) is 23.5 Å². The summed E-state index contributed by atoms with van der Waals surface area (Å²) in [5.74, 6) is -2.35. The van der Waals surface area contributed by atoms with Gasteiger partial charge >= 0.3 is 6.03 Å². The summed E-state index contributed by atoms with van der Waals surface area (Å²) in [5.41, 5.74) is 4.54. The van der Waals surface area contributed by atoms with E-state index in [1.165, 1.54) is 4.90 Å². The number of hydrogen-bond acceptors (Lipinski definition) is 6. The molecule has 0 bridgehead atoms. The van der Waals surface area contributed by atoms with Gasteiger partial charge in [-0.1, -0.05) is 52.9 Å². The van der Waals surface area contributed by atoms with Crippen molar-refractivity contribution in [1.29, 1.82) is 0 Å². The molecule has 3 aliphatic carbocycles. The third-order valence-corrected chi connectivity index (χ3v) is 9.06. The van der Waals surface area contributed by atoms with Crippen LogP contribution in [0.2, 0.25) is 0 Å². The number of ketones is 2. The second-order valence-electron chi connectivity index (χ2n) is 13.6. The topological polar surface area (TPSA) is 168 Å². The van der Waals surface area contributed by atoms with Crippen molar-refractivity contribution < 1.29 is 28.8 Å². The predicted octanol–water partition coefficient (Wildman–Crippen LogP) is 1.96. The first-order valence-corrected chi connectivity index (χ1v) is 15.4. The number of hydrogen-bond donors (Lipinski definition) is 4. The smallest absolute Gasteiger partial charge is 0.316 e. The van der Waals surface area contributed by atoms with Crippen LogP contribution >= 0.6 is 0 Å². The Morgan fingerprint density at radius 2 is 1.49 bits per heavy atom. The maximum Gasteiger partial charge on any atom is 0.316 e. The Morgan fingerprint density at radius 1 is 0.829 bits per heavy atom. The number of nitrogens with one attached hydrogen (secondary N) is 3. The maximum atomic E-state index is 13.9. The average Bonchev–Trinajstić information content (AvgIpc) is 3.87. The molecule has 11 nitrogen and oxygen atoms in total. The van der Waals surface area contributed by atoms with Crippen molar-refractivity contribution in [2.45, 2.75) is 122 Å². The summed E-state index contributed by atoms with van der Waals surface area (Å²) >= 11 is 0. The Hall–Kier alpha value is -2.98. The Balaban J connectivity index is 1.44. The Labute approximate surface area is 242 Å². The number of likely N-dealkylation sites (tertiary alicyclic amines) is 1. The molecule has 0 aromatic rings. The number of carbonyl (C=O) groups excluding carboxylic acids is 6. The lowest BCUT2D eigenvalue weighted by molar-refractivity contribution is -0.143. The molecule has 4 aliphatic rings. The fraction of sp³-hybridized carbons (Fsp3) is 0.800. The molecule has 4 atom stereocenters. The van der Waals surface area contributed by atoms with Crippen LogP contribution in [0.15, 0.2) is 0 Å². The van der Waals surface area contributed by atoms with Gasteiger partial charge in [-0.05, 0) is 62.2 Å². The molecular weight excluding hydrogens is 526 g/mol. The van der Waals surface area contributed by atoms with E-state index in [9.17, 15) is 28.8 Å². The van der Waals surface area contributed by atoms with E-state index in [1.807, 2.05) is 20.8 Å². The molecule has 11 heteroatoms. The van der Waals surface area contributed by atoms with Gasteiger partial charge in [0.05, 0.1) is 12.1 Å². The summed E-state index contributed by atoms with van der Waals surface area (Å²) in [6.07, 6.45) is 9.93. The van der Waals surface area contributed by atoms with Crippen LogP contribution in [0.1, 0.15) is 97.8 Å². The summed E-state index contributed by atoms with van der Waals surface area (Å²) in [6, 6.07) is -3.90. The molecular formula is C30H47N5O6. The summed E-state index contributed by atoms with van der Waals surface area (Å²) in [4.78, 5) is 79.1. The number of amides is 5. The molecule has 5 amide bonds. The van der Waals surface area contributed by atoms with Gasteiger partial charge in [-0.25, -0.2) is 4.79 Å². The highest BCUT2D eigenvalue weighted by molar-refractivity contribution is 6.37. The summed E-state index contributed by atoms with van der Waals surface area (Å²) < 4.78 is 0. The quantitative estimate of drug-likeness (QED) is 0.260. The van der Waals surface area contributed by atoms with E-state index in [4.69, 9.17) is 5.73 Å². The van der Waals surface area contributed by atoms with Gasteiger partial charge in [0.1, 0.15) is 12.1 Å². The lowest BCUT2D eigenvalue weighted by Gasteiger charge is -2.36. The Kier molecular flexibility index (Phi) is 9.74. The van der Waals surface area contributed by atoms with Gasteiger partial charge in [0.25, 0.3) is 5.91 Å². The fourth-order valence-electron chi connectivity index (χ4n) is 6.30. The summed E-state index contributed by atoms with van der Waals surface area (Å²) in [5, 5.41) is 8.46. The lowest BCUT2D eigenvalue weighted by atomic mass is 9.81. The molecule has 3 unspecified atom stereocenters. The van der Waals surface area contributed by atoms with E-state index in [0.717, 1.165) is 57.8 Å². The molecule has 5 N–H and O–H groups in total. The molecule has 3 saturated carbocycles. The maximum absolute atomic E-state index is 13.9. The number of carbonyl (C=O) groups is 6. The van der Waals surface area contributed by atoms with Gasteiger partial charge in [-0.15, -0.1) is 0 Å². The van der Waals surface area contributed by atoms with Crippen molar-refractivity contribution >= 4 is 35.3 Å². The number of Topliss-reactive ketones (excluding diaryl/α,β-unsaturated/α-hetero) is 2. The third-order valence-electron chi connectivity index (χ3n) is 9.06. The van der Waals surface area contributed by atoms with Crippen LogP contribution in [0.4, 0.5) is 4.79 Å². The highest BCUT2D eigenvalue weighted by atomic mass is 16.2. The van der Waals surface area contributed by atoms with Crippen molar-refractivity contribution in [3.63, 3.8) is 0 Å². The van der Waals surface area contributed by atoms with Gasteiger partial charge in [0.2, 0.25) is 17.6 Å². The second kappa shape index (κ2) is 12.9. The van der Waals surface area contributed by atoms with Gasteiger partial charge in [-0.2, -0.15) is 0 Å². The van der Waals surface area contributed by atoms with Crippen molar-refractivity contribution in [2.75, 3.05) is 6.54 Å². The molecule has 4 rings (SSSR count). The number of nitrogens with two attached hydrogens (primary N) is 1. The molecule has 0 spiro atoms. The largest absolute Gasteiger partial charge is 0.363 e. The first kappa shape index (κ1) is 31.0. The second-order valence-corrected chi connectivity index (χ2v) is 13.6. The van der Waals surface area contributed by atoms with E-state index in [1.54, 1.807) is 0 Å². The van der Waals surface area contributed by atoms with Crippen molar-refractivity contribution in [1.82, 2.24) is 20.9 Å². The highest BCUT2D eigenvalue weighted by Crippen LogP contribution is 2.36. The highest BCUT2D eigenvalue weighted by Gasteiger charge is 2.44. The number of primary amides is 1. The first-order valence-electron chi connectivity index (χ1n) is 15.4. The Morgan fingerprint density at radius 3 is 2.05 bits per heavy atom. The fourth-order valence-corrected chi connectivity index (χ4v) is 6.30. The van der Waals surface area contributed by atoms with Crippen LogP contribution in [-0.2, 0) is 24.0 Å². The molecule has 1 heterocycles. The van der Waals surface area contributed by atoms with Gasteiger partial charge in [0.15, 0.2) is 5.78 Å². The third kappa shape index (κ3) is 8.07. The van der Waals surface area contributed by atoms with Crippen LogP contribution < -0.4 is 21.7 Å².